The Kier molecular flexibility index (Phi) is 5.22. The molecule has 1 aliphatic rings. The number of alkyl halides is 3. The van der Waals surface area contributed by atoms with Gasteiger partial charge in [0.25, 0.3) is 0 Å². The van der Waals surface area contributed by atoms with Crippen molar-refractivity contribution in [2.24, 2.45) is 5.41 Å². The Labute approximate surface area is 161 Å². The third-order valence-electron chi connectivity index (χ3n) is 5.14. The summed E-state index contributed by atoms with van der Waals surface area (Å²) in [5, 5.41) is 13.2. The van der Waals surface area contributed by atoms with Crippen molar-refractivity contribution in [3.63, 3.8) is 0 Å². The monoisotopic (exact) mass is 436 g/mol. The second-order valence-electron chi connectivity index (χ2n) is 7.38. The molecule has 3 rings (SSSR count). The van der Waals surface area contributed by atoms with E-state index < -0.39 is 26.4 Å². The molecule has 0 amide bonds. The molecule has 142 valence electrons. The van der Waals surface area contributed by atoms with Crippen LogP contribution in [0.25, 0.3) is 5.70 Å². The predicted octanol–water partition coefficient (Wildman–Crippen LogP) is 4.23. The van der Waals surface area contributed by atoms with Gasteiger partial charge in [-0.05, 0) is 0 Å². The van der Waals surface area contributed by atoms with Crippen LogP contribution >= 0.6 is 0 Å². The molecule has 4 nitrogen and oxygen atoms in total. The number of nitrogens with zero attached hydrogens (tertiary/aromatic N) is 4. The summed E-state index contributed by atoms with van der Waals surface area (Å²) in [7, 11) is 0. The fourth-order valence-corrected chi connectivity index (χ4v) is 8.84. The second-order valence-corrected chi connectivity index (χ2v) is 12.2. The third-order valence-corrected chi connectivity index (χ3v) is 11.0. The Morgan fingerprint density at radius 3 is 2.67 bits per heavy atom. The van der Waals surface area contributed by atoms with E-state index in [4.69, 9.17) is 5.26 Å². The predicted molar refractivity (Wildman–Crippen MR) is 98.5 cm³/mol. The molecule has 2 aromatic rings. The molecule has 0 N–H and O–H groups in total. The van der Waals surface area contributed by atoms with Gasteiger partial charge in [0.2, 0.25) is 0 Å². The summed E-state index contributed by atoms with van der Waals surface area (Å²) in [6.07, 6.45) is 2.57. The minimum atomic E-state index is -4.53. The van der Waals surface area contributed by atoms with Crippen LogP contribution in [0.4, 0.5) is 13.2 Å². The first-order chi connectivity index (χ1) is 12.6. The van der Waals surface area contributed by atoms with E-state index in [1.807, 2.05) is 0 Å². The Balaban J connectivity index is 2.02. The summed E-state index contributed by atoms with van der Waals surface area (Å²) in [5.41, 5.74) is 1.96. The molecule has 0 spiro atoms. The van der Waals surface area contributed by atoms with Gasteiger partial charge in [0, 0.05) is 0 Å². The summed E-state index contributed by atoms with van der Waals surface area (Å²) in [6.45, 7) is 4.34. The van der Waals surface area contributed by atoms with Crippen molar-refractivity contribution in [2.75, 3.05) is 0 Å². The minimum absolute atomic E-state index is 0.00880. The molecule has 1 aromatic carbocycles. The number of aromatic nitrogens is 3. The topological polar surface area (TPSA) is 54.5 Å². The molecule has 0 radical (unpaired) electrons. The first kappa shape index (κ1) is 19.7. The van der Waals surface area contributed by atoms with Gasteiger partial charge in [-0.1, -0.05) is 0 Å². The Morgan fingerprint density at radius 1 is 1.33 bits per heavy atom. The van der Waals surface area contributed by atoms with Crippen LogP contribution < -0.4 is 4.35 Å². The summed E-state index contributed by atoms with van der Waals surface area (Å²) in [4.78, 5) is 3.99. The van der Waals surface area contributed by atoms with Crippen LogP contribution in [-0.2, 0) is 6.18 Å². The first-order valence-electron chi connectivity index (χ1n) is 8.53. The van der Waals surface area contributed by atoms with Gasteiger partial charge in [-0.3, -0.25) is 0 Å². The van der Waals surface area contributed by atoms with Crippen molar-refractivity contribution in [2.45, 2.75) is 43.3 Å². The van der Waals surface area contributed by atoms with Crippen LogP contribution in [0.1, 0.15) is 37.8 Å². The molecule has 0 bridgehead atoms. The zero-order valence-corrected chi connectivity index (χ0v) is 17.2. The van der Waals surface area contributed by atoms with Gasteiger partial charge in [-0.25, -0.2) is 0 Å². The average Bonchev–Trinajstić information content (AvgIpc) is 3.14. The molecular formula is C19H20AsF3N4. The summed E-state index contributed by atoms with van der Waals surface area (Å²) in [5.74, 6) is 0. The van der Waals surface area contributed by atoms with Crippen LogP contribution in [0.2, 0.25) is 10.4 Å². The molecule has 2 unspecified atom stereocenters. The zero-order valence-electron chi connectivity index (χ0n) is 15.3. The number of allylic oxidation sites excluding steroid dienone is 2. The van der Waals surface area contributed by atoms with Gasteiger partial charge in [-0.15, -0.1) is 0 Å². The van der Waals surface area contributed by atoms with E-state index in [9.17, 15) is 13.2 Å². The Hall–Kier alpha value is -2.06. The van der Waals surface area contributed by atoms with Crippen molar-refractivity contribution in [1.29, 1.82) is 5.26 Å². The van der Waals surface area contributed by atoms with Crippen molar-refractivity contribution in [3.8, 4) is 6.07 Å². The Morgan fingerprint density at radius 2 is 2.07 bits per heavy atom. The van der Waals surface area contributed by atoms with Gasteiger partial charge < -0.3 is 0 Å². The van der Waals surface area contributed by atoms with Crippen molar-refractivity contribution < 1.29 is 13.2 Å². The van der Waals surface area contributed by atoms with E-state index in [1.165, 1.54) is 18.5 Å². The third kappa shape index (κ3) is 3.96. The fourth-order valence-electron chi connectivity index (χ4n) is 3.52. The number of benzene rings is 1. The van der Waals surface area contributed by atoms with E-state index in [0.717, 1.165) is 22.9 Å². The van der Waals surface area contributed by atoms with Gasteiger partial charge >= 0.3 is 161 Å². The molecule has 1 aromatic heterocycles. The molecule has 8 heteroatoms. The number of nitriles is 1. The van der Waals surface area contributed by atoms with Crippen molar-refractivity contribution in [1.82, 2.24) is 14.8 Å². The molecule has 1 heterocycles. The van der Waals surface area contributed by atoms with Crippen LogP contribution in [-0.4, -0.2) is 29.4 Å². The number of hydrogen-bond donors (Lipinski definition) is 0. The molecule has 0 aliphatic heterocycles. The van der Waals surface area contributed by atoms with Crippen LogP contribution in [0.15, 0.2) is 36.9 Å². The summed E-state index contributed by atoms with van der Waals surface area (Å²) < 4.78 is 42.7. The van der Waals surface area contributed by atoms with E-state index in [0.29, 0.717) is 0 Å². The maximum absolute atomic E-state index is 13.4. The Bertz CT molecular complexity index is 895. The molecule has 27 heavy (non-hydrogen) atoms. The van der Waals surface area contributed by atoms with Crippen LogP contribution in [0.5, 0.6) is 0 Å². The van der Waals surface area contributed by atoms with Gasteiger partial charge in [0.15, 0.2) is 0 Å². The van der Waals surface area contributed by atoms with E-state index in [1.54, 1.807) is 23.1 Å². The van der Waals surface area contributed by atoms with E-state index in [2.05, 4.69) is 35.7 Å². The normalized spacial score (nSPS) is 20.6. The average molecular weight is 436 g/mol. The number of halogens is 3. The second kappa shape index (κ2) is 7.16. The molecule has 0 fully saturated rings. The summed E-state index contributed by atoms with van der Waals surface area (Å²) in [6, 6.07) is 5.84. The van der Waals surface area contributed by atoms with Gasteiger partial charge in [-0.2, -0.15) is 0 Å². The SMILES string of the molecule is C[As](c1ccc(C#N)c(C(F)(F)F)c1)C1C=C(n2cncn2)CCC1(C)C. The maximum atomic E-state index is 13.4. The molecule has 1 aliphatic carbocycles. The van der Waals surface area contributed by atoms with Crippen LogP contribution in [0.3, 0.4) is 0 Å². The van der Waals surface area contributed by atoms with Crippen molar-refractivity contribution >= 4 is 24.7 Å². The summed E-state index contributed by atoms with van der Waals surface area (Å²) >= 11 is -1.87. The van der Waals surface area contributed by atoms with Crippen molar-refractivity contribution in [3.05, 3.63) is 48.1 Å². The first-order valence-corrected chi connectivity index (χ1v) is 12.4. The number of hydrogen-bond acceptors (Lipinski definition) is 3. The molecule has 2 atom stereocenters. The standard InChI is InChI=1S/C19H20AsF3N4/c1-18(2)7-6-15(27-12-25-11-26-27)9-17(18)20(3)14-5-4-13(10-24)16(8-14)19(21,22)23/h4-5,8-9,11-12,17H,6-7H2,1-3H3. The van der Waals surface area contributed by atoms with Crippen LogP contribution in [0, 0.1) is 16.7 Å². The number of rotatable bonds is 3. The molecule has 0 saturated carbocycles. The van der Waals surface area contributed by atoms with Gasteiger partial charge in [0.05, 0.1) is 0 Å². The zero-order chi connectivity index (χ0) is 19.8. The quantitative estimate of drug-likeness (QED) is 0.677. The van der Waals surface area contributed by atoms with E-state index >= 15 is 0 Å². The molecular weight excluding hydrogens is 416 g/mol. The molecule has 0 saturated heterocycles. The van der Waals surface area contributed by atoms with Gasteiger partial charge in [0.1, 0.15) is 0 Å². The van der Waals surface area contributed by atoms with E-state index in [-0.39, 0.29) is 15.7 Å². The fraction of sp³-hybridized carbons (Fsp3) is 0.421.